The van der Waals surface area contributed by atoms with E-state index < -0.39 is 0 Å². The first-order valence-corrected chi connectivity index (χ1v) is 6.58. The van der Waals surface area contributed by atoms with Gasteiger partial charge >= 0.3 is 0 Å². The fourth-order valence-corrected chi connectivity index (χ4v) is 3.20. The van der Waals surface area contributed by atoms with Gasteiger partial charge in [-0.3, -0.25) is 0 Å². The third kappa shape index (κ3) is 2.18. The summed E-state index contributed by atoms with van der Waals surface area (Å²) in [6.07, 6.45) is 0. The number of aryl methyl sites for hydroxylation is 2. The molecule has 0 saturated heterocycles. The second-order valence-corrected chi connectivity index (χ2v) is 6.04. The molecule has 1 unspecified atom stereocenters. The largest absolute Gasteiger partial charge is 0.328 e. The third-order valence-electron chi connectivity index (χ3n) is 2.35. The molecule has 0 fully saturated rings. The van der Waals surface area contributed by atoms with Crippen molar-refractivity contribution in [2.75, 3.05) is 6.54 Å². The van der Waals surface area contributed by atoms with Gasteiger partial charge in [-0.2, -0.15) is 5.10 Å². The fourth-order valence-electron chi connectivity index (χ4n) is 1.68. The first-order chi connectivity index (χ1) is 7.61. The number of nitrogens with two attached hydrogens (primary N) is 1. The van der Waals surface area contributed by atoms with Crippen LogP contribution in [0.2, 0.25) is 0 Å². The standard InChI is InChI=1S/C10H13BrN4S/c1-6-13-7(2)15(14-6)8(5-12)9-3-4-10(11)16-9/h3-4,8H,5,12H2,1-2H3. The van der Waals surface area contributed by atoms with E-state index in [9.17, 15) is 0 Å². The van der Waals surface area contributed by atoms with Crippen LogP contribution < -0.4 is 5.73 Å². The van der Waals surface area contributed by atoms with Crippen LogP contribution >= 0.6 is 27.3 Å². The van der Waals surface area contributed by atoms with Crippen LogP contribution in [0.3, 0.4) is 0 Å². The molecule has 2 aromatic rings. The predicted octanol–water partition coefficient (Wildman–Crippen LogP) is 2.27. The number of rotatable bonds is 3. The lowest BCUT2D eigenvalue weighted by atomic mass is 10.2. The van der Waals surface area contributed by atoms with Crippen LogP contribution in [-0.2, 0) is 0 Å². The number of aromatic nitrogens is 3. The zero-order valence-corrected chi connectivity index (χ0v) is 11.5. The minimum absolute atomic E-state index is 0.0810. The van der Waals surface area contributed by atoms with E-state index in [1.807, 2.05) is 24.6 Å². The smallest absolute Gasteiger partial charge is 0.147 e. The highest BCUT2D eigenvalue weighted by Crippen LogP contribution is 2.29. The number of nitrogens with zero attached hydrogens (tertiary/aromatic N) is 3. The molecule has 0 amide bonds. The van der Waals surface area contributed by atoms with Crippen LogP contribution in [0.25, 0.3) is 0 Å². The van der Waals surface area contributed by atoms with Crippen molar-refractivity contribution in [1.82, 2.24) is 14.8 Å². The van der Waals surface area contributed by atoms with Gasteiger partial charge in [-0.15, -0.1) is 11.3 Å². The van der Waals surface area contributed by atoms with Crippen molar-refractivity contribution in [1.29, 1.82) is 0 Å². The summed E-state index contributed by atoms with van der Waals surface area (Å²) in [5.74, 6) is 1.68. The van der Waals surface area contributed by atoms with E-state index in [0.717, 1.165) is 15.4 Å². The molecule has 2 aromatic heterocycles. The van der Waals surface area contributed by atoms with Crippen molar-refractivity contribution < 1.29 is 0 Å². The summed E-state index contributed by atoms with van der Waals surface area (Å²) in [6, 6.07) is 4.18. The maximum absolute atomic E-state index is 5.83. The lowest BCUT2D eigenvalue weighted by Crippen LogP contribution is -2.21. The zero-order chi connectivity index (χ0) is 11.7. The lowest BCUT2D eigenvalue weighted by Gasteiger charge is -2.14. The molecule has 2 rings (SSSR count). The molecule has 6 heteroatoms. The van der Waals surface area contributed by atoms with Crippen molar-refractivity contribution in [3.05, 3.63) is 32.4 Å². The molecular weight excluding hydrogens is 288 g/mol. The predicted molar refractivity (Wildman–Crippen MR) is 68.7 cm³/mol. The second kappa shape index (κ2) is 4.65. The summed E-state index contributed by atoms with van der Waals surface area (Å²) in [5.41, 5.74) is 5.83. The Balaban J connectivity index is 2.40. The molecule has 16 heavy (non-hydrogen) atoms. The molecule has 86 valence electrons. The maximum atomic E-state index is 5.83. The van der Waals surface area contributed by atoms with Gasteiger partial charge in [0.05, 0.1) is 3.79 Å². The Hall–Kier alpha value is -0.720. The van der Waals surface area contributed by atoms with E-state index in [2.05, 4.69) is 32.1 Å². The summed E-state index contributed by atoms with van der Waals surface area (Å²) in [4.78, 5) is 5.50. The van der Waals surface area contributed by atoms with Crippen molar-refractivity contribution in [2.45, 2.75) is 19.9 Å². The SMILES string of the molecule is Cc1nc(C)n(C(CN)c2ccc(Br)s2)n1. The highest BCUT2D eigenvalue weighted by molar-refractivity contribution is 9.11. The molecule has 0 spiro atoms. The number of hydrogen-bond donors (Lipinski definition) is 1. The summed E-state index contributed by atoms with van der Waals surface area (Å²) >= 11 is 5.14. The van der Waals surface area contributed by atoms with Crippen molar-refractivity contribution in [2.24, 2.45) is 5.73 Å². The van der Waals surface area contributed by atoms with Crippen LogP contribution in [0.1, 0.15) is 22.6 Å². The van der Waals surface area contributed by atoms with Crippen LogP contribution in [0.4, 0.5) is 0 Å². The van der Waals surface area contributed by atoms with Gasteiger partial charge in [0.15, 0.2) is 0 Å². The van der Waals surface area contributed by atoms with Crippen LogP contribution in [0.15, 0.2) is 15.9 Å². The maximum Gasteiger partial charge on any atom is 0.147 e. The van der Waals surface area contributed by atoms with Gasteiger partial charge in [0, 0.05) is 11.4 Å². The van der Waals surface area contributed by atoms with Crippen LogP contribution in [0.5, 0.6) is 0 Å². The average Bonchev–Trinajstić information content (AvgIpc) is 2.76. The monoisotopic (exact) mass is 300 g/mol. The number of halogens is 1. The first kappa shape index (κ1) is 11.8. The number of thiophene rings is 1. The Kier molecular flexibility index (Phi) is 3.41. The topological polar surface area (TPSA) is 56.7 Å². The molecule has 0 aliphatic rings. The first-order valence-electron chi connectivity index (χ1n) is 4.97. The summed E-state index contributed by atoms with van der Waals surface area (Å²) in [6.45, 7) is 4.36. The van der Waals surface area contributed by atoms with Gasteiger partial charge < -0.3 is 5.73 Å². The zero-order valence-electron chi connectivity index (χ0n) is 9.14. The van der Waals surface area contributed by atoms with Gasteiger partial charge in [0.2, 0.25) is 0 Å². The minimum atomic E-state index is 0.0810. The Morgan fingerprint density at radius 1 is 1.50 bits per heavy atom. The highest BCUT2D eigenvalue weighted by Gasteiger charge is 2.17. The lowest BCUT2D eigenvalue weighted by molar-refractivity contribution is 0.522. The Morgan fingerprint density at radius 3 is 2.69 bits per heavy atom. The number of hydrogen-bond acceptors (Lipinski definition) is 4. The Morgan fingerprint density at radius 2 is 2.25 bits per heavy atom. The molecule has 0 aliphatic carbocycles. The van der Waals surface area contributed by atoms with E-state index >= 15 is 0 Å². The molecule has 1 atom stereocenters. The molecular formula is C10H13BrN4S. The molecule has 4 nitrogen and oxygen atoms in total. The van der Waals surface area contributed by atoms with Crippen molar-refractivity contribution in [3.8, 4) is 0 Å². The van der Waals surface area contributed by atoms with E-state index in [-0.39, 0.29) is 6.04 Å². The molecule has 2 N–H and O–H groups in total. The van der Waals surface area contributed by atoms with Crippen LogP contribution in [0, 0.1) is 13.8 Å². The summed E-state index contributed by atoms with van der Waals surface area (Å²) in [5, 5.41) is 4.38. The Bertz CT molecular complexity index is 491. The van der Waals surface area contributed by atoms with Gasteiger partial charge in [-0.25, -0.2) is 9.67 Å². The van der Waals surface area contributed by atoms with Crippen molar-refractivity contribution in [3.63, 3.8) is 0 Å². The molecule has 0 aliphatic heterocycles. The van der Waals surface area contributed by atoms with Gasteiger partial charge in [0.25, 0.3) is 0 Å². The summed E-state index contributed by atoms with van der Waals surface area (Å²) in [7, 11) is 0. The molecule has 0 aromatic carbocycles. The van der Waals surface area contributed by atoms with Crippen molar-refractivity contribution >= 4 is 27.3 Å². The molecule has 0 radical (unpaired) electrons. The van der Waals surface area contributed by atoms with E-state index in [1.54, 1.807) is 11.3 Å². The highest BCUT2D eigenvalue weighted by atomic mass is 79.9. The van der Waals surface area contributed by atoms with Gasteiger partial charge in [0.1, 0.15) is 17.7 Å². The summed E-state index contributed by atoms with van der Waals surface area (Å²) < 4.78 is 3.00. The normalized spacial score (nSPS) is 13.0. The third-order valence-corrected chi connectivity index (χ3v) is 4.07. The van der Waals surface area contributed by atoms with Crippen LogP contribution in [-0.4, -0.2) is 21.3 Å². The van der Waals surface area contributed by atoms with Gasteiger partial charge in [-0.05, 0) is 41.9 Å². The van der Waals surface area contributed by atoms with E-state index in [4.69, 9.17) is 5.73 Å². The van der Waals surface area contributed by atoms with E-state index in [0.29, 0.717) is 6.54 Å². The molecule has 0 saturated carbocycles. The minimum Gasteiger partial charge on any atom is -0.328 e. The average molecular weight is 301 g/mol. The molecule has 0 bridgehead atoms. The Labute approximate surface area is 107 Å². The van der Waals surface area contributed by atoms with Gasteiger partial charge in [-0.1, -0.05) is 0 Å². The fraction of sp³-hybridized carbons (Fsp3) is 0.400. The quantitative estimate of drug-likeness (QED) is 0.946. The molecule has 2 heterocycles. The van der Waals surface area contributed by atoms with E-state index in [1.165, 1.54) is 4.88 Å². The second-order valence-electron chi connectivity index (χ2n) is 3.54.